The summed E-state index contributed by atoms with van der Waals surface area (Å²) in [7, 11) is 1.33. The minimum Gasteiger partial charge on any atom is -0.507 e. The second-order valence-corrected chi connectivity index (χ2v) is 24.1. The van der Waals surface area contributed by atoms with Gasteiger partial charge in [0.25, 0.3) is 5.91 Å². The average Bonchev–Trinajstić information content (AvgIpc) is 0.960. The van der Waals surface area contributed by atoms with Gasteiger partial charge in [-0.25, -0.2) is 9.59 Å². The number of unbranched alkanes of at least 4 members (excludes halogenated alkanes) is 2. The number of fused-ring (bicyclic) bond motifs is 3. The molecule has 8 rings (SSSR count). The number of thioether (sulfide) groups is 1. The molecule has 3 fully saturated rings. The Labute approximate surface area is 508 Å². The van der Waals surface area contributed by atoms with Gasteiger partial charge in [-0.1, -0.05) is 51.5 Å². The molecule has 0 spiro atoms. The highest BCUT2D eigenvalue weighted by Gasteiger charge is 2.52. The third kappa shape index (κ3) is 15.3. The molecule has 9 N–H and O–H groups in total. The summed E-state index contributed by atoms with van der Waals surface area (Å²) in [5.74, 6) is -4.96. The Balaban J connectivity index is 0.833. The maximum absolute atomic E-state index is 14.5. The van der Waals surface area contributed by atoms with E-state index in [2.05, 4.69) is 21.3 Å². The van der Waals surface area contributed by atoms with Crippen molar-refractivity contribution >= 4 is 76.6 Å². The number of phenolic OH excluding ortho intramolecular Hbond substituents is 2. The van der Waals surface area contributed by atoms with Gasteiger partial charge in [0.05, 0.1) is 35.2 Å². The van der Waals surface area contributed by atoms with Crippen molar-refractivity contribution in [3.63, 3.8) is 0 Å². The lowest BCUT2D eigenvalue weighted by Crippen LogP contribution is -2.58. The molecule has 0 radical (unpaired) electrons. The van der Waals surface area contributed by atoms with E-state index < -0.39 is 107 Å². The van der Waals surface area contributed by atoms with Crippen LogP contribution in [0, 0.1) is 5.92 Å². The largest absolute Gasteiger partial charge is 0.507 e. The first-order valence-corrected chi connectivity index (χ1v) is 30.8. The monoisotopic (exact) mass is 1230 g/mol. The van der Waals surface area contributed by atoms with Crippen LogP contribution >= 0.6 is 11.8 Å². The first-order chi connectivity index (χ1) is 41.6. The van der Waals surface area contributed by atoms with Gasteiger partial charge in [0, 0.05) is 93.9 Å². The normalized spacial score (nSPS) is 20.7. The van der Waals surface area contributed by atoms with Gasteiger partial charge in [-0.2, -0.15) is 0 Å². The Morgan fingerprint density at radius 3 is 2.26 bits per heavy atom. The summed E-state index contributed by atoms with van der Waals surface area (Å²) >= 11 is 1.50. The number of methoxy groups -OCH3 is 1. The van der Waals surface area contributed by atoms with Crippen LogP contribution in [-0.4, -0.2) is 177 Å². The fourth-order valence-electron chi connectivity index (χ4n) is 11.6. The molecule has 3 aromatic rings. The van der Waals surface area contributed by atoms with Crippen molar-refractivity contribution in [1.82, 2.24) is 30.7 Å². The summed E-state index contributed by atoms with van der Waals surface area (Å²) < 4.78 is 23.2. The number of nitrogens with zero attached hydrogens (tertiary/aromatic N) is 3. The molecule has 1 unspecified atom stereocenters. The molecule has 3 aliphatic heterocycles. The van der Waals surface area contributed by atoms with E-state index in [4.69, 9.17) is 24.7 Å². The first-order valence-electron chi connectivity index (χ1n) is 29.7. The predicted molar refractivity (Wildman–Crippen MR) is 316 cm³/mol. The lowest BCUT2D eigenvalue weighted by atomic mass is 9.72. The number of ketones is 2. The molecule has 5 aliphatic rings. The Kier molecular flexibility index (Phi) is 21.9. The van der Waals surface area contributed by atoms with Crippen LogP contribution in [0.2, 0.25) is 0 Å². The zero-order valence-electron chi connectivity index (χ0n) is 49.4. The van der Waals surface area contributed by atoms with E-state index in [1.54, 1.807) is 38.1 Å². The molecule has 6 atom stereocenters. The van der Waals surface area contributed by atoms with E-state index in [9.17, 15) is 63.3 Å². The molecule has 87 heavy (non-hydrogen) atoms. The van der Waals surface area contributed by atoms with Crippen LogP contribution in [0.5, 0.6) is 17.2 Å². The van der Waals surface area contributed by atoms with Gasteiger partial charge in [0.2, 0.25) is 35.3 Å². The number of likely N-dealkylation sites (tertiary alicyclic amines) is 1. The summed E-state index contributed by atoms with van der Waals surface area (Å²) in [5.41, 5.74) is 2.64. The number of rotatable bonds is 25. The summed E-state index contributed by atoms with van der Waals surface area (Å²) in [4.78, 5) is 137. The summed E-state index contributed by atoms with van der Waals surface area (Å²) in [6.45, 7) is 6.13. The van der Waals surface area contributed by atoms with E-state index in [1.165, 1.54) is 51.8 Å². The van der Waals surface area contributed by atoms with Gasteiger partial charge in [-0.05, 0) is 86.8 Å². The number of benzene rings is 3. The van der Waals surface area contributed by atoms with Gasteiger partial charge in [-0.15, -0.1) is 11.8 Å². The highest BCUT2D eigenvalue weighted by molar-refractivity contribution is 8.00. The number of urea groups is 1. The van der Waals surface area contributed by atoms with E-state index in [1.807, 2.05) is 6.92 Å². The fourth-order valence-corrected chi connectivity index (χ4v) is 12.6. The Hall–Kier alpha value is -7.81. The third-order valence-electron chi connectivity index (χ3n) is 16.2. The van der Waals surface area contributed by atoms with Gasteiger partial charge in [-0.3, -0.25) is 43.3 Å². The van der Waals surface area contributed by atoms with Gasteiger partial charge in [0.15, 0.2) is 12.1 Å². The second-order valence-electron chi connectivity index (χ2n) is 22.8. The van der Waals surface area contributed by atoms with Gasteiger partial charge in [0.1, 0.15) is 41.5 Å². The number of hydrogen-bond acceptors (Lipinski definition) is 18. The average molecular weight is 1230 g/mol. The van der Waals surface area contributed by atoms with Crippen LogP contribution in [-0.2, 0) is 56.0 Å². The number of imide groups is 1. The number of piperazine rings is 1. The molecule has 3 saturated heterocycles. The van der Waals surface area contributed by atoms with Crippen molar-refractivity contribution in [2.24, 2.45) is 11.7 Å². The number of carbonyl (C=O) groups is 10. The zero-order chi connectivity index (χ0) is 62.7. The van der Waals surface area contributed by atoms with Crippen LogP contribution in [0.25, 0.3) is 0 Å². The van der Waals surface area contributed by atoms with Crippen molar-refractivity contribution in [1.29, 1.82) is 0 Å². The highest BCUT2D eigenvalue weighted by Crippen LogP contribution is 2.53. The number of carbonyl (C=O) groups excluding carboxylic acids is 10. The van der Waals surface area contributed by atoms with Crippen molar-refractivity contribution in [2.45, 2.75) is 146 Å². The molecule has 25 nitrogen and oxygen atoms in total. The predicted octanol–water partition coefficient (Wildman–Crippen LogP) is 4.47. The smallest absolute Gasteiger partial charge is 0.410 e. The van der Waals surface area contributed by atoms with Crippen molar-refractivity contribution in [3.8, 4) is 17.2 Å². The number of amides is 9. The van der Waals surface area contributed by atoms with E-state index >= 15 is 0 Å². The number of ether oxygens (including phenoxy) is 4. The summed E-state index contributed by atoms with van der Waals surface area (Å²) in [6, 6.07) is 7.96. The Morgan fingerprint density at radius 1 is 0.862 bits per heavy atom. The van der Waals surface area contributed by atoms with Gasteiger partial charge < -0.3 is 71.1 Å². The van der Waals surface area contributed by atoms with Crippen LogP contribution in [0.1, 0.15) is 152 Å². The maximum atomic E-state index is 14.5. The van der Waals surface area contributed by atoms with Gasteiger partial charge >= 0.3 is 12.1 Å². The van der Waals surface area contributed by atoms with Crippen LogP contribution < -0.4 is 31.7 Å². The molecule has 0 saturated carbocycles. The number of nitrogens with two attached hydrogens (primary N) is 1. The van der Waals surface area contributed by atoms with E-state index in [0.29, 0.717) is 43.5 Å². The third-order valence-corrected chi connectivity index (χ3v) is 17.6. The molecular formula is C61H78N8O17S. The van der Waals surface area contributed by atoms with Crippen molar-refractivity contribution < 1.29 is 82.2 Å². The Morgan fingerprint density at radius 2 is 1.59 bits per heavy atom. The summed E-state index contributed by atoms with van der Waals surface area (Å²) in [6.07, 6.45) is 1.36. The van der Waals surface area contributed by atoms with Crippen LogP contribution in [0.3, 0.4) is 0 Å². The molecule has 3 heterocycles. The van der Waals surface area contributed by atoms with E-state index in [-0.39, 0.29) is 128 Å². The minimum atomic E-state index is -2.25. The molecule has 9 amide bonds. The lowest BCUT2D eigenvalue weighted by molar-refractivity contribution is -0.206. The minimum absolute atomic E-state index is 0.0194. The molecule has 470 valence electrons. The number of nitrogens with one attached hydrogen (secondary N) is 4. The molecule has 0 aromatic heterocycles. The lowest BCUT2D eigenvalue weighted by Gasteiger charge is -2.43. The number of primary amides is 1. The fraction of sp³-hybridized carbons (Fsp3) is 0.541. The number of hydrogen-bond donors (Lipinski definition) is 8. The standard InChI is InChI=1S/C61H78N8O17S/c1-5-29-87-42-30-44(71)69(57(42)78)23-9-6-7-16-43(70)66-50(34(2)3)56(77)65-39(14-12-22-63-59(62)80)55(76)64-36-20-18-35(19-21-36)33-85-60(81)68-26-24-67(25-27-68)58(79)61(82)31-38-47(41(32-61)86-45-17-8-10-28-84-45)54(75)49-48(52(38)73)51(72)37-13-11-15-40(83-4)46(37)53(49)74/h11,13,15,18-21,34,39,41-42,45,50,73,75,82H,5-10,12,14,16-17,22-33H2,1-4H3,(H,64,76)(H,65,77)(H,66,70)(H3,62,63,80)/t39-,41-,42?,45-,50-,61-/m0/s1. The number of aliphatic hydroxyl groups is 1. The topological polar surface area (TPSA) is 352 Å². The Bertz CT molecular complexity index is 3110. The first kappa shape index (κ1) is 65.2. The van der Waals surface area contributed by atoms with Crippen molar-refractivity contribution in [2.75, 3.05) is 64.1 Å². The quantitative estimate of drug-likeness (QED) is 0.0258. The molecule has 26 heteroatoms. The molecular weight excluding hydrogens is 1150 g/mol. The van der Waals surface area contributed by atoms with Crippen LogP contribution in [0.15, 0.2) is 42.5 Å². The summed E-state index contributed by atoms with van der Waals surface area (Å²) in [5, 5.41) is 46.7. The number of anilines is 1. The second kappa shape index (κ2) is 29.3. The highest BCUT2D eigenvalue weighted by atomic mass is 32.2. The number of phenols is 2. The van der Waals surface area contributed by atoms with Crippen LogP contribution in [0.4, 0.5) is 15.3 Å². The molecule has 3 aromatic carbocycles. The molecule has 2 aliphatic carbocycles. The SMILES string of the molecule is CCCSC1CC(=O)N(CCCCCC(=O)N[C@H](C(=O)N[C@@H](CCCNC(N)=O)C(=O)Nc2ccc(COC(=O)N3CCN(C(=O)[C@]4(O)Cc5c(O)c6c(c(O)c5[C@@H](O[C@H]5CCCCO5)C4)C(=O)c4c(OC)cccc4C6=O)CC3)cc2)C(C)C)C1=O. The number of aromatic hydroxyl groups is 2. The maximum Gasteiger partial charge on any atom is 0.410 e. The zero-order valence-corrected chi connectivity index (χ0v) is 50.3. The van der Waals surface area contributed by atoms with Crippen molar-refractivity contribution in [3.05, 3.63) is 81.4 Å². The van der Waals surface area contributed by atoms with E-state index in [0.717, 1.165) is 25.0 Å². The molecule has 0 bridgehead atoms.